The molecule has 3 unspecified atom stereocenters. The molecule has 0 radical (unpaired) electrons. The summed E-state index contributed by atoms with van der Waals surface area (Å²) < 4.78 is 10.1. The van der Waals surface area contributed by atoms with Crippen molar-refractivity contribution in [1.29, 1.82) is 0 Å². The van der Waals surface area contributed by atoms with Gasteiger partial charge in [0.1, 0.15) is 0 Å². The van der Waals surface area contributed by atoms with E-state index in [9.17, 15) is 0 Å². The fourth-order valence-corrected chi connectivity index (χ4v) is 1.15. The molecule has 0 amide bonds. The molecule has 1 rings (SSSR count). The van der Waals surface area contributed by atoms with Crippen molar-refractivity contribution in [3.63, 3.8) is 0 Å². The molecule has 1 aliphatic rings. The second-order valence-corrected chi connectivity index (χ2v) is 3.12. The second-order valence-electron chi connectivity index (χ2n) is 1.95. The van der Waals surface area contributed by atoms with Crippen LogP contribution in [0.5, 0.6) is 0 Å². The first-order valence-corrected chi connectivity index (χ1v) is 4.26. The van der Waals surface area contributed by atoms with Crippen molar-refractivity contribution in [2.75, 3.05) is 12.5 Å². The smallest absolute Gasteiger partial charge is 0.171 e. The molecular weight excluding hydrogens is 198 g/mol. The Labute approximate surface area is 74.3 Å². The minimum Gasteiger partial charge on any atom is -0.356 e. The van der Waals surface area contributed by atoms with Crippen molar-refractivity contribution in [3.8, 4) is 0 Å². The summed E-state index contributed by atoms with van der Waals surface area (Å²) in [5, 5.41) is 0. The van der Waals surface area contributed by atoms with Crippen LogP contribution < -0.4 is 0 Å². The Kier molecular flexibility index (Phi) is 3.53. The molecule has 1 fully saturated rings. The highest BCUT2D eigenvalue weighted by atomic mass is 35.5. The van der Waals surface area contributed by atoms with Gasteiger partial charge in [-0.1, -0.05) is 23.2 Å². The van der Waals surface area contributed by atoms with E-state index in [-0.39, 0.29) is 6.10 Å². The van der Waals surface area contributed by atoms with Gasteiger partial charge < -0.3 is 9.47 Å². The Morgan fingerprint density at radius 1 is 1.30 bits per heavy atom. The van der Waals surface area contributed by atoms with Gasteiger partial charge in [-0.05, 0) is 0 Å². The van der Waals surface area contributed by atoms with Crippen molar-refractivity contribution in [3.05, 3.63) is 0 Å². The van der Waals surface area contributed by atoms with Crippen molar-refractivity contribution >= 4 is 34.8 Å². The Morgan fingerprint density at radius 3 is 2.50 bits per heavy atom. The predicted octanol–water partition coefficient (Wildman–Crippen LogP) is 1.77. The van der Waals surface area contributed by atoms with E-state index in [0.717, 1.165) is 0 Å². The first-order valence-electron chi connectivity index (χ1n) is 2.85. The van der Waals surface area contributed by atoms with Crippen LogP contribution in [0.3, 0.4) is 0 Å². The van der Waals surface area contributed by atoms with Gasteiger partial charge in [0.2, 0.25) is 0 Å². The third-order valence-corrected chi connectivity index (χ3v) is 2.30. The van der Waals surface area contributed by atoms with E-state index in [1.165, 1.54) is 0 Å². The van der Waals surface area contributed by atoms with Gasteiger partial charge in [0.25, 0.3) is 0 Å². The monoisotopic (exact) mass is 204 g/mol. The molecule has 0 aliphatic carbocycles. The lowest BCUT2D eigenvalue weighted by molar-refractivity contribution is -0.114. The van der Waals surface area contributed by atoms with Crippen LogP contribution in [0, 0.1) is 0 Å². The van der Waals surface area contributed by atoms with E-state index in [0.29, 0.717) is 12.5 Å². The van der Waals surface area contributed by atoms with Gasteiger partial charge in [0, 0.05) is 0 Å². The van der Waals surface area contributed by atoms with E-state index < -0.39 is 11.1 Å². The van der Waals surface area contributed by atoms with Crippen molar-refractivity contribution in [2.24, 2.45) is 0 Å². The molecular formula is C5H7Cl3O2. The third kappa shape index (κ3) is 2.14. The van der Waals surface area contributed by atoms with Crippen LogP contribution in [-0.2, 0) is 9.47 Å². The second kappa shape index (κ2) is 3.98. The van der Waals surface area contributed by atoms with Crippen LogP contribution in [0.4, 0.5) is 0 Å². The fourth-order valence-electron chi connectivity index (χ4n) is 0.641. The molecule has 0 aromatic rings. The average Bonchev–Trinajstić information content (AvgIpc) is 1.95. The maximum absolute atomic E-state index is 5.60. The van der Waals surface area contributed by atoms with Crippen LogP contribution in [0.2, 0.25) is 0 Å². The highest BCUT2D eigenvalue weighted by Gasteiger charge is 2.28. The van der Waals surface area contributed by atoms with Gasteiger partial charge in [-0.3, -0.25) is 0 Å². The summed E-state index contributed by atoms with van der Waals surface area (Å²) in [5.41, 5.74) is -1.14. The lowest BCUT2D eigenvalue weighted by Crippen LogP contribution is -2.38. The standard InChI is InChI=1S/C5H7Cl3O2/c6-1-3-2-9-4(7)5(8)10-3/h3-5H,1-2H2. The number of halogens is 3. The fraction of sp³-hybridized carbons (Fsp3) is 1.00. The quantitative estimate of drug-likeness (QED) is 0.608. The van der Waals surface area contributed by atoms with Crippen LogP contribution in [0.15, 0.2) is 0 Å². The molecule has 3 atom stereocenters. The molecule has 1 heterocycles. The molecule has 0 aromatic carbocycles. The van der Waals surface area contributed by atoms with E-state index in [1.54, 1.807) is 0 Å². The maximum atomic E-state index is 5.60. The van der Waals surface area contributed by atoms with E-state index in [4.69, 9.17) is 44.3 Å². The van der Waals surface area contributed by atoms with Crippen LogP contribution in [0.25, 0.3) is 0 Å². The molecule has 1 aliphatic heterocycles. The van der Waals surface area contributed by atoms with E-state index in [1.807, 2.05) is 0 Å². The Morgan fingerprint density at radius 2 is 2.00 bits per heavy atom. The SMILES string of the molecule is ClCC1COC(Cl)C(Cl)O1. The lowest BCUT2D eigenvalue weighted by atomic mass is 10.4. The maximum Gasteiger partial charge on any atom is 0.171 e. The molecule has 10 heavy (non-hydrogen) atoms. The van der Waals surface area contributed by atoms with Crippen LogP contribution in [-0.4, -0.2) is 29.7 Å². The van der Waals surface area contributed by atoms with E-state index >= 15 is 0 Å². The summed E-state index contributed by atoms with van der Waals surface area (Å²) in [5.74, 6) is 0.382. The highest BCUT2D eigenvalue weighted by Crippen LogP contribution is 2.21. The summed E-state index contributed by atoms with van der Waals surface area (Å²) in [4.78, 5) is 0. The summed E-state index contributed by atoms with van der Waals surface area (Å²) in [6.07, 6.45) is -0.126. The minimum absolute atomic E-state index is 0.126. The molecule has 0 saturated carbocycles. The molecule has 5 heteroatoms. The van der Waals surface area contributed by atoms with Gasteiger partial charge in [0.15, 0.2) is 11.1 Å². The van der Waals surface area contributed by atoms with Crippen molar-refractivity contribution in [1.82, 2.24) is 0 Å². The van der Waals surface area contributed by atoms with Crippen molar-refractivity contribution in [2.45, 2.75) is 17.2 Å². The predicted molar refractivity (Wildman–Crippen MR) is 40.8 cm³/mol. The molecule has 60 valence electrons. The molecule has 0 spiro atoms. The van der Waals surface area contributed by atoms with E-state index in [2.05, 4.69) is 0 Å². The molecule has 0 aromatic heterocycles. The van der Waals surface area contributed by atoms with Crippen molar-refractivity contribution < 1.29 is 9.47 Å². The number of rotatable bonds is 1. The zero-order valence-corrected chi connectivity index (χ0v) is 7.36. The summed E-state index contributed by atoms with van der Waals surface area (Å²) >= 11 is 16.7. The molecule has 0 N–H and O–H groups in total. The molecule has 1 saturated heterocycles. The van der Waals surface area contributed by atoms with Gasteiger partial charge in [-0.25, -0.2) is 0 Å². The first kappa shape index (κ1) is 8.88. The van der Waals surface area contributed by atoms with Gasteiger partial charge in [-0.2, -0.15) is 0 Å². The van der Waals surface area contributed by atoms with Crippen LogP contribution >= 0.6 is 34.8 Å². The largest absolute Gasteiger partial charge is 0.356 e. The summed E-state index contributed by atoms with van der Waals surface area (Å²) in [6.45, 7) is 0.418. The molecule has 2 nitrogen and oxygen atoms in total. The normalized spacial score (nSPS) is 41.7. The summed E-state index contributed by atoms with van der Waals surface area (Å²) in [7, 11) is 0. The molecule has 0 bridgehead atoms. The topological polar surface area (TPSA) is 18.5 Å². The lowest BCUT2D eigenvalue weighted by Gasteiger charge is -2.28. The number of ether oxygens (including phenoxy) is 2. The number of alkyl halides is 3. The number of hydrogen-bond donors (Lipinski definition) is 0. The Bertz CT molecular complexity index is 111. The third-order valence-electron chi connectivity index (χ3n) is 1.14. The minimum atomic E-state index is -0.584. The van der Waals surface area contributed by atoms with Gasteiger partial charge >= 0.3 is 0 Å². The first-order chi connectivity index (χ1) is 4.74. The summed E-state index contributed by atoms with van der Waals surface area (Å²) in [6, 6.07) is 0. The Hall–Kier alpha value is 0.790. The number of hydrogen-bond acceptors (Lipinski definition) is 2. The van der Waals surface area contributed by atoms with Crippen LogP contribution in [0.1, 0.15) is 0 Å². The Balaban J connectivity index is 2.33. The zero-order chi connectivity index (χ0) is 7.56. The highest BCUT2D eigenvalue weighted by molar-refractivity contribution is 6.28. The van der Waals surface area contributed by atoms with Gasteiger partial charge in [-0.15, -0.1) is 11.6 Å². The average molecular weight is 205 g/mol. The zero-order valence-electron chi connectivity index (χ0n) is 5.10. The van der Waals surface area contributed by atoms with Gasteiger partial charge in [0.05, 0.1) is 18.6 Å².